The molecule has 0 saturated carbocycles. The lowest BCUT2D eigenvalue weighted by molar-refractivity contribution is -0.384. The summed E-state index contributed by atoms with van der Waals surface area (Å²) in [5.74, 6) is -1.44. The zero-order valence-corrected chi connectivity index (χ0v) is 15.8. The predicted molar refractivity (Wildman–Crippen MR) is 110 cm³/mol. The van der Waals surface area contributed by atoms with E-state index < -0.39 is 22.6 Å². The Morgan fingerprint density at radius 3 is 2.30 bits per heavy atom. The van der Waals surface area contributed by atoms with Gasteiger partial charge in [0.05, 0.1) is 21.7 Å². The molecule has 0 aliphatic carbocycles. The fraction of sp³-hybridized carbons (Fsp3) is 0.0455. The molecule has 0 fully saturated rings. The topological polar surface area (TPSA) is 110 Å². The maximum absolute atomic E-state index is 12.9. The summed E-state index contributed by atoms with van der Waals surface area (Å²) >= 11 is 0. The molecule has 0 radical (unpaired) electrons. The number of carbonyl (C=O) groups excluding carboxylic acids is 3. The van der Waals surface area contributed by atoms with Crippen molar-refractivity contribution in [2.24, 2.45) is 0 Å². The number of nitro groups is 1. The van der Waals surface area contributed by atoms with Crippen LogP contribution in [-0.4, -0.2) is 22.6 Å². The lowest BCUT2D eigenvalue weighted by atomic mass is 10.1. The van der Waals surface area contributed by atoms with E-state index in [9.17, 15) is 24.5 Å². The molecule has 1 aliphatic heterocycles. The summed E-state index contributed by atoms with van der Waals surface area (Å²) in [6.45, 7) is 1.86. The standard InChI is InChI=1S/C22H15N3O5/c1-13-3-2-4-17(11-13)24-21(27)18-10-5-14(12-19(18)22(24)28)20(26)23-15-6-8-16(9-7-15)25(29)30/h2-12H,1H3,(H,23,26). The van der Waals surface area contributed by atoms with E-state index in [0.29, 0.717) is 11.4 Å². The number of aryl methyl sites for hydroxylation is 1. The minimum atomic E-state index is -0.533. The molecule has 0 aromatic heterocycles. The van der Waals surface area contributed by atoms with Gasteiger partial charge in [0.1, 0.15) is 0 Å². The van der Waals surface area contributed by atoms with Crippen LogP contribution in [0.5, 0.6) is 0 Å². The van der Waals surface area contributed by atoms with Crippen LogP contribution in [0.2, 0.25) is 0 Å². The summed E-state index contributed by atoms with van der Waals surface area (Å²) in [5.41, 5.74) is 2.23. The lowest BCUT2D eigenvalue weighted by Gasteiger charge is -2.14. The predicted octanol–water partition coefficient (Wildman–Crippen LogP) is 3.96. The average molecular weight is 401 g/mol. The Kier molecular flexibility index (Phi) is 4.59. The molecule has 8 nitrogen and oxygen atoms in total. The molecule has 0 saturated heterocycles. The van der Waals surface area contributed by atoms with E-state index in [1.165, 1.54) is 42.5 Å². The van der Waals surface area contributed by atoms with Crippen molar-refractivity contribution in [2.45, 2.75) is 6.92 Å². The number of nitrogens with zero attached hydrogens (tertiary/aromatic N) is 2. The van der Waals surface area contributed by atoms with Crippen molar-refractivity contribution in [1.29, 1.82) is 0 Å². The second-order valence-electron chi connectivity index (χ2n) is 6.80. The number of nitro benzene ring substituents is 1. The molecule has 148 valence electrons. The second-order valence-corrected chi connectivity index (χ2v) is 6.80. The third-order valence-corrected chi connectivity index (χ3v) is 4.74. The lowest BCUT2D eigenvalue weighted by Crippen LogP contribution is -2.29. The van der Waals surface area contributed by atoms with Crippen LogP contribution in [0, 0.1) is 17.0 Å². The molecule has 1 aliphatic rings. The molecule has 3 amide bonds. The average Bonchev–Trinajstić information content (AvgIpc) is 2.98. The molecule has 3 aromatic rings. The minimum absolute atomic E-state index is 0.0918. The highest BCUT2D eigenvalue weighted by molar-refractivity contribution is 6.34. The van der Waals surface area contributed by atoms with Crippen molar-refractivity contribution in [1.82, 2.24) is 0 Å². The first-order valence-electron chi connectivity index (χ1n) is 9.00. The monoisotopic (exact) mass is 401 g/mol. The third kappa shape index (κ3) is 3.30. The summed E-state index contributed by atoms with van der Waals surface area (Å²) in [4.78, 5) is 49.4. The maximum Gasteiger partial charge on any atom is 0.269 e. The molecule has 1 heterocycles. The van der Waals surface area contributed by atoms with Gasteiger partial charge in [-0.05, 0) is 55.0 Å². The molecular formula is C22H15N3O5. The Labute approximate surface area is 170 Å². The van der Waals surface area contributed by atoms with Crippen molar-refractivity contribution in [3.05, 3.63) is 99.1 Å². The first-order valence-corrected chi connectivity index (χ1v) is 9.00. The van der Waals surface area contributed by atoms with Crippen molar-refractivity contribution < 1.29 is 19.3 Å². The van der Waals surface area contributed by atoms with Crippen LogP contribution in [0.4, 0.5) is 17.1 Å². The van der Waals surface area contributed by atoms with Crippen LogP contribution in [0.1, 0.15) is 36.6 Å². The maximum atomic E-state index is 12.9. The molecule has 0 spiro atoms. The molecule has 0 unspecified atom stereocenters. The van der Waals surface area contributed by atoms with Gasteiger partial charge in [0, 0.05) is 23.4 Å². The number of rotatable bonds is 4. The van der Waals surface area contributed by atoms with E-state index in [1.54, 1.807) is 18.2 Å². The molecule has 1 N–H and O–H groups in total. The summed E-state index contributed by atoms with van der Waals surface area (Å²) in [7, 11) is 0. The van der Waals surface area contributed by atoms with Gasteiger partial charge in [0.2, 0.25) is 0 Å². The first-order chi connectivity index (χ1) is 14.3. The fourth-order valence-electron chi connectivity index (χ4n) is 3.25. The summed E-state index contributed by atoms with van der Waals surface area (Å²) < 4.78 is 0. The Hall–Kier alpha value is -4.33. The fourth-order valence-corrected chi connectivity index (χ4v) is 3.25. The van der Waals surface area contributed by atoms with Gasteiger partial charge in [-0.15, -0.1) is 0 Å². The number of carbonyl (C=O) groups is 3. The van der Waals surface area contributed by atoms with Crippen LogP contribution in [-0.2, 0) is 0 Å². The molecular weight excluding hydrogens is 386 g/mol. The van der Waals surface area contributed by atoms with Gasteiger partial charge in [-0.25, -0.2) is 4.90 Å². The van der Waals surface area contributed by atoms with Crippen LogP contribution < -0.4 is 10.2 Å². The first kappa shape index (κ1) is 19.0. The van der Waals surface area contributed by atoms with E-state index in [-0.39, 0.29) is 22.4 Å². The number of amides is 3. The van der Waals surface area contributed by atoms with E-state index in [4.69, 9.17) is 0 Å². The number of fused-ring (bicyclic) bond motifs is 1. The zero-order chi connectivity index (χ0) is 21.4. The Morgan fingerprint density at radius 2 is 1.63 bits per heavy atom. The minimum Gasteiger partial charge on any atom is -0.322 e. The SMILES string of the molecule is Cc1cccc(N2C(=O)c3ccc(C(=O)Nc4ccc([N+](=O)[O-])cc4)cc3C2=O)c1. The highest BCUT2D eigenvalue weighted by Gasteiger charge is 2.37. The Bertz CT molecular complexity index is 1220. The number of hydrogen-bond donors (Lipinski definition) is 1. The molecule has 4 rings (SSSR count). The van der Waals surface area contributed by atoms with E-state index >= 15 is 0 Å². The van der Waals surface area contributed by atoms with Crippen LogP contribution in [0.3, 0.4) is 0 Å². The normalized spacial score (nSPS) is 12.6. The number of imide groups is 1. The van der Waals surface area contributed by atoms with Crippen molar-refractivity contribution in [2.75, 3.05) is 10.2 Å². The smallest absolute Gasteiger partial charge is 0.269 e. The number of hydrogen-bond acceptors (Lipinski definition) is 5. The van der Waals surface area contributed by atoms with Crippen molar-refractivity contribution in [3.8, 4) is 0 Å². The molecule has 3 aromatic carbocycles. The van der Waals surface area contributed by atoms with Gasteiger partial charge < -0.3 is 5.32 Å². The van der Waals surface area contributed by atoms with E-state index in [2.05, 4.69) is 5.32 Å². The van der Waals surface area contributed by atoms with Gasteiger partial charge in [0.15, 0.2) is 0 Å². The Morgan fingerprint density at radius 1 is 0.933 bits per heavy atom. The molecule has 0 bridgehead atoms. The number of nitrogens with one attached hydrogen (secondary N) is 1. The summed E-state index contributed by atoms with van der Waals surface area (Å²) in [6.07, 6.45) is 0. The van der Waals surface area contributed by atoms with Gasteiger partial charge >= 0.3 is 0 Å². The Balaban J connectivity index is 1.59. The van der Waals surface area contributed by atoms with Crippen LogP contribution in [0.25, 0.3) is 0 Å². The number of benzene rings is 3. The number of anilines is 2. The molecule has 8 heteroatoms. The third-order valence-electron chi connectivity index (χ3n) is 4.74. The highest BCUT2D eigenvalue weighted by Crippen LogP contribution is 2.29. The second kappa shape index (κ2) is 7.25. The van der Waals surface area contributed by atoms with Crippen LogP contribution in [0.15, 0.2) is 66.7 Å². The van der Waals surface area contributed by atoms with Gasteiger partial charge in [-0.3, -0.25) is 24.5 Å². The van der Waals surface area contributed by atoms with Gasteiger partial charge in [0.25, 0.3) is 23.4 Å². The van der Waals surface area contributed by atoms with E-state index in [0.717, 1.165) is 10.5 Å². The van der Waals surface area contributed by atoms with Gasteiger partial charge in [-0.2, -0.15) is 0 Å². The van der Waals surface area contributed by atoms with E-state index in [1.807, 2.05) is 13.0 Å². The summed E-state index contributed by atoms with van der Waals surface area (Å²) in [5, 5.41) is 13.3. The summed E-state index contributed by atoms with van der Waals surface area (Å²) in [6, 6.07) is 16.7. The zero-order valence-electron chi connectivity index (χ0n) is 15.8. The quantitative estimate of drug-likeness (QED) is 0.404. The van der Waals surface area contributed by atoms with Crippen LogP contribution >= 0.6 is 0 Å². The van der Waals surface area contributed by atoms with Gasteiger partial charge in [-0.1, -0.05) is 12.1 Å². The number of non-ortho nitro benzene ring substituents is 1. The van der Waals surface area contributed by atoms with Crippen molar-refractivity contribution in [3.63, 3.8) is 0 Å². The largest absolute Gasteiger partial charge is 0.322 e. The highest BCUT2D eigenvalue weighted by atomic mass is 16.6. The molecule has 0 atom stereocenters. The van der Waals surface area contributed by atoms with Crippen molar-refractivity contribution >= 4 is 34.8 Å². The molecule has 30 heavy (non-hydrogen) atoms.